The molecule has 0 saturated carbocycles. The molecule has 2 aliphatic rings. The monoisotopic (exact) mass is 478 g/mol. The van der Waals surface area contributed by atoms with E-state index in [2.05, 4.69) is 29.6 Å². The zero-order valence-electron chi connectivity index (χ0n) is 20.1. The van der Waals surface area contributed by atoms with Gasteiger partial charge < -0.3 is 20.1 Å². The Balaban J connectivity index is 1.15. The van der Waals surface area contributed by atoms with E-state index >= 15 is 0 Å². The molecule has 1 saturated heterocycles. The number of likely N-dealkylation sites (tertiary alicyclic amines) is 1. The number of carboxylic acid groups (broad SMARTS) is 1. The van der Waals surface area contributed by atoms with Crippen LogP contribution in [0.1, 0.15) is 68.4 Å². The summed E-state index contributed by atoms with van der Waals surface area (Å²) in [7, 11) is 0. The van der Waals surface area contributed by atoms with Gasteiger partial charge in [0.15, 0.2) is 0 Å². The van der Waals surface area contributed by atoms with Crippen molar-refractivity contribution in [1.82, 2.24) is 10.2 Å². The largest absolute Gasteiger partial charge is 0.480 e. The normalized spacial score (nSPS) is 17.3. The van der Waals surface area contributed by atoms with Crippen LogP contribution in [-0.2, 0) is 14.3 Å². The van der Waals surface area contributed by atoms with Crippen molar-refractivity contribution in [2.24, 2.45) is 0 Å². The number of hydrogen-bond donors (Lipinski definition) is 2. The van der Waals surface area contributed by atoms with Crippen LogP contribution in [0, 0.1) is 0 Å². The highest BCUT2D eigenvalue weighted by Crippen LogP contribution is 2.44. The summed E-state index contributed by atoms with van der Waals surface area (Å²) < 4.78 is 5.54. The number of unbranched alkanes of at least 4 members (excludes halogenated alkanes) is 2. The topological polar surface area (TPSA) is 95.9 Å². The third-order valence-electron chi connectivity index (χ3n) is 7.04. The Morgan fingerprint density at radius 2 is 1.60 bits per heavy atom. The number of fused-ring (bicyclic) bond motifs is 3. The lowest BCUT2D eigenvalue weighted by molar-refractivity contribution is -0.150. The van der Waals surface area contributed by atoms with Gasteiger partial charge in [0.1, 0.15) is 12.6 Å². The summed E-state index contributed by atoms with van der Waals surface area (Å²) in [6.07, 6.45) is 5.31. The predicted octanol–water partition coefficient (Wildman–Crippen LogP) is 4.94. The standard InChI is InChI=1S/C28H34N2O5/c31-26(30-18-10-2-3-15-25(30)27(32)33)16-4-1-9-17-29-28(34)35-19-24-22-13-7-5-11-20(22)21-12-6-8-14-23(21)24/h5-8,11-14,24-25H,1-4,9-10,15-19H2,(H,29,34)(H,32,33). The average molecular weight is 479 g/mol. The quantitative estimate of drug-likeness (QED) is 0.498. The molecule has 0 aromatic heterocycles. The number of amides is 2. The van der Waals surface area contributed by atoms with Gasteiger partial charge in [0, 0.05) is 25.4 Å². The van der Waals surface area contributed by atoms with Crippen LogP contribution in [0.2, 0.25) is 0 Å². The van der Waals surface area contributed by atoms with Crippen LogP contribution in [0.15, 0.2) is 48.5 Å². The molecular formula is C28H34N2O5. The zero-order chi connectivity index (χ0) is 24.6. The lowest BCUT2D eigenvalue weighted by Crippen LogP contribution is -2.44. The second-order valence-corrected chi connectivity index (χ2v) is 9.35. The predicted molar refractivity (Wildman–Crippen MR) is 133 cm³/mol. The Bertz CT molecular complexity index is 1010. The minimum atomic E-state index is -0.910. The van der Waals surface area contributed by atoms with Crippen LogP contribution >= 0.6 is 0 Å². The van der Waals surface area contributed by atoms with Gasteiger partial charge in [-0.15, -0.1) is 0 Å². The number of rotatable bonds is 9. The number of carbonyl (C=O) groups excluding carboxylic acids is 2. The van der Waals surface area contributed by atoms with Crippen molar-refractivity contribution in [1.29, 1.82) is 0 Å². The molecule has 2 amide bonds. The van der Waals surface area contributed by atoms with E-state index in [9.17, 15) is 19.5 Å². The molecule has 1 unspecified atom stereocenters. The highest BCUT2D eigenvalue weighted by Gasteiger charge is 2.30. The fourth-order valence-electron chi connectivity index (χ4n) is 5.23. The van der Waals surface area contributed by atoms with Gasteiger partial charge in [-0.05, 0) is 47.9 Å². The van der Waals surface area contributed by atoms with Crippen molar-refractivity contribution < 1.29 is 24.2 Å². The van der Waals surface area contributed by atoms with Crippen LogP contribution in [0.5, 0.6) is 0 Å². The second kappa shape index (κ2) is 11.9. The number of carbonyl (C=O) groups is 3. The van der Waals surface area contributed by atoms with Crippen molar-refractivity contribution >= 4 is 18.0 Å². The fourth-order valence-corrected chi connectivity index (χ4v) is 5.23. The molecule has 2 aromatic carbocycles. The van der Waals surface area contributed by atoms with E-state index in [1.807, 2.05) is 24.3 Å². The maximum absolute atomic E-state index is 12.6. The van der Waals surface area contributed by atoms with Crippen molar-refractivity contribution in [3.8, 4) is 11.1 Å². The first-order chi connectivity index (χ1) is 17.1. The van der Waals surface area contributed by atoms with E-state index in [0.717, 1.165) is 32.1 Å². The molecule has 1 fully saturated rings. The maximum atomic E-state index is 12.6. The number of alkyl carbamates (subject to hydrolysis) is 1. The van der Waals surface area contributed by atoms with Crippen LogP contribution in [0.4, 0.5) is 4.79 Å². The molecule has 1 heterocycles. The van der Waals surface area contributed by atoms with Gasteiger partial charge in [-0.25, -0.2) is 9.59 Å². The minimum absolute atomic E-state index is 0.0350. The molecule has 7 nitrogen and oxygen atoms in total. The van der Waals surface area contributed by atoms with Crippen molar-refractivity contribution in [3.05, 3.63) is 59.7 Å². The van der Waals surface area contributed by atoms with E-state index in [0.29, 0.717) is 32.4 Å². The summed E-state index contributed by atoms with van der Waals surface area (Å²) in [4.78, 5) is 37.9. The van der Waals surface area contributed by atoms with Gasteiger partial charge in [-0.2, -0.15) is 0 Å². The van der Waals surface area contributed by atoms with Gasteiger partial charge >= 0.3 is 12.1 Å². The Kier molecular flexibility index (Phi) is 8.40. The Hall–Kier alpha value is -3.35. The molecule has 2 N–H and O–H groups in total. The maximum Gasteiger partial charge on any atom is 0.407 e. The smallest absolute Gasteiger partial charge is 0.407 e. The molecule has 186 valence electrons. The van der Waals surface area contributed by atoms with Crippen LogP contribution < -0.4 is 5.32 Å². The fraction of sp³-hybridized carbons (Fsp3) is 0.464. The van der Waals surface area contributed by atoms with Gasteiger partial charge in [0.2, 0.25) is 5.91 Å². The third kappa shape index (κ3) is 6.02. The first kappa shape index (κ1) is 24.8. The number of nitrogens with one attached hydrogen (secondary N) is 1. The number of nitrogens with zero attached hydrogens (tertiary/aromatic N) is 1. The Morgan fingerprint density at radius 3 is 2.29 bits per heavy atom. The van der Waals surface area contributed by atoms with E-state index < -0.39 is 18.1 Å². The summed E-state index contributed by atoms with van der Waals surface area (Å²) in [5.41, 5.74) is 4.75. The van der Waals surface area contributed by atoms with Gasteiger partial charge in [0.05, 0.1) is 0 Å². The molecule has 0 bridgehead atoms. The molecule has 0 radical (unpaired) electrons. The lowest BCUT2D eigenvalue weighted by Gasteiger charge is -2.27. The summed E-state index contributed by atoms with van der Waals surface area (Å²) in [6, 6.07) is 15.8. The highest BCUT2D eigenvalue weighted by molar-refractivity contribution is 5.83. The number of benzene rings is 2. The van der Waals surface area contributed by atoms with Gasteiger partial charge in [-0.3, -0.25) is 4.79 Å². The molecule has 0 spiro atoms. The number of hydrogen-bond acceptors (Lipinski definition) is 4. The summed E-state index contributed by atoms with van der Waals surface area (Å²) >= 11 is 0. The van der Waals surface area contributed by atoms with Crippen LogP contribution in [-0.4, -0.2) is 53.7 Å². The van der Waals surface area contributed by atoms with E-state index in [1.54, 1.807) is 4.90 Å². The van der Waals surface area contributed by atoms with Crippen LogP contribution in [0.3, 0.4) is 0 Å². The molecule has 2 aromatic rings. The second-order valence-electron chi connectivity index (χ2n) is 9.35. The molecule has 35 heavy (non-hydrogen) atoms. The zero-order valence-corrected chi connectivity index (χ0v) is 20.1. The Labute approximate surface area is 206 Å². The van der Waals surface area contributed by atoms with E-state index in [1.165, 1.54) is 22.3 Å². The molecule has 1 aliphatic carbocycles. The third-order valence-corrected chi connectivity index (χ3v) is 7.04. The summed E-state index contributed by atoms with van der Waals surface area (Å²) in [5.74, 6) is -0.955. The SMILES string of the molecule is O=C(NCCCCCC(=O)N1CCCCCC1C(=O)O)OCC1c2ccccc2-c2ccccc21. The van der Waals surface area contributed by atoms with Crippen molar-refractivity contribution in [3.63, 3.8) is 0 Å². The lowest BCUT2D eigenvalue weighted by atomic mass is 9.98. The highest BCUT2D eigenvalue weighted by atomic mass is 16.5. The number of carboxylic acids is 1. The Morgan fingerprint density at radius 1 is 0.914 bits per heavy atom. The van der Waals surface area contributed by atoms with E-state index in [-0.39, 0.29) is 18.4 Å². The minimum Gasteiger partial charge on any atom is -0.480 e. The molecule has 1 aliphatic heterocycles. The first-order valence-electron chi connectivity index (χ1n) is 12.7. The van der Waals surface area contributed by atoms with Gasteiger partial charge in [0.25, 0.3) is 0 Å². The number of ether oxygens (including phenoxy) is 1. The molecule has 4 rings (SSSR count). The number of aliphatic carboxylic acids is 1. The summed E-state index contributed by atoms with van der Waals surface area (Å²) in [6.45, 7) is 1.29. The average Bonchev–Trinajstić information content (AvgIpc) is 3.00. The van der Waals surface area contributed by atoms with Crippen molar-refractivity contribution in [2.75, 3.05) is 19.7 Å². The molecule has 1 atom stereocenters. The van der Waals surface area contributed by atoms with Crippen molar-refractivity contribution in [2.45, 2.75) is 63.3 Å². The summed E-state index contributed by atoms with van der Waals surface area (Å²) in [5, 5.41) is 12.2. The van der Waals surface area contributed by atoms with Gasteiger partial charge in [-0.1, -0.05) is 67.8 Å². The molecular weight excluding hydrogens is 444 g/mol. The van der Waals surface area contributed by atoms with E-state index in [4.69, 9.17) is 4.74 Å². The first-order valence-corrected chi connectivity index (χ1v) is 12.7. The van der Waals surface area contributed by atoms with Crippen LogP contribution in [0.25, 0.3) is 11.1 Å². The molecule has 7 heteroatoms.